The molecule has 0 aromatic heterocycles. The molecule has 10 heteroatoms. The number of hydrogen-bond donors (Lipinski definition) is 1. The Balaban J connectivity index is 1.98. The summed E-state index contributed by atoms with van der Waals surface area (Å²) < 4.78 is 37.5. The molecule has 1 atom stereocenters. The van der Waals surface area contributed by atoms with Gasteiger partial charge in [0.25, 0.3) is 5.91 Å². The van der Waals surface area contributed by atoms with Crippen LogP contribution >= 0.6 is 0 Å². The summed E-state index contributed by atoms with van der Waals surface area (Å²) in [6.07, 6.45) is -1.13. The average molecular weight is 428 g/mol. The van der Waals surface area contributed by atoms with Gasteiger partial charge in [0.1, 0.15) is 5.75 Å². The highest BCUT2D eigenvalue weighted by molar-refractivity contribution is 7.89. The number of ether oxygens (including phenoxy) is 2. The second-order valence-corrected chi connectivity index (χ2v) is 8.92. The van der Waals surface area contributed by atoms with Crippen molar-refractivity contribution in [3.05, 3.63) is 24.3 Å². The van der Waals surface area contributed by atoms with Gasteiger partial charge in [-0.05, 0) is 52.0 Å². The summed E-state index contributed by atoms with van der Waals surface area (Å²) in [6.45, 7) is 8.31. The minimum absolute atomic E-state index is 0.00497. The molecule has 0 saturated carbocycles. The molecular formula is C19H29N3O6S. The summed E-state index contributed by atoms with van der Waals surface area (Å²) in [5, 5.41) is 2.76. The van der Waals surface area contributed by atoms with Gasteiger partial charge in [0.2, 0.25) is 10.0 Å². The fourth-order valence-electron chi connectivity index (χ4n) is 2.82. The van der Waals surface area contributed by atoms with Gasteiger partial charge in [0.15, 0.2) is 6.10 Å². The third-order valence-electron chi connectivity index (χ3n) is 4.34. The predicted octanol–water partition coefficient (Wildman–Crippen LogP) is 1.44. The van der Waals surface area contributed by atoms with E-state index in [0.717, 1.165) is 0 Å². The second kappa shape index (κ2) is 9.93. The number of benzene rings is 1. The maximum atomic E-state index is 12.8. The van der Waals surface area contributed by atoms with Gasteiger partial charge in [-0.2, -0.15) is 4.31 Å². The van der Waals surface area contributed by atoms with Gasteiger partial charge in [-0.1, -0.05) is 0 Å². The van der Waals surface area contributed by atoms with Crippen LogP contribution in [0.2, 0.25) is 0 Å². The molecule has 162 valence electrons. The number of carbonyl (C=O) groups is 2. The van der Waals surface area contributed by atoms with Crippen molar-refractivity contribution in [1.82, 2.24) is 14.5 Å². The first-order valence-corrected chi connectivity index (χ1v) is 11.1. The van der Waals surface area contributed by atoms with E-state index < -0.39 is 22.2 Å². The molecule has 1 heterocycles. The molecule has 2 rings (SSSR count). The van der Waals surface area contributed by atoms with E-state index in [4.69, 9.17) is 9.47 Å². The van der Waals surface area contributed by atoms with Crippen molar-refractivity contribution in [2.24, 2.45) is 0 Å². The Morgan fingerprint density at radius 1 is 1.07 bits per heavy atom. The number of rotatable bonds is 7. The van der Waals surface area contributed by atoms with Crippen LogP contribution in [0.15, 0.2) is 29.2 Å². The molecule has 1 saturated heterocycles. The molecule has 1 aromatic rings. The number of amides is 2. The van der Waals surface area contributed by atoms with Gasteiger partial charge in [-0.15, -0.1) is 0 Å². The Morgan fingerprint density at radius 3 is 2.17 bits per heavy atom. The van der Waals surface area contributed by atoms with E-state index in [2.05, 4.69) is 5.32 Å². The molecule has 9 nitrogen and oxygen atoms in total. The molecule has 0 spiro atoms. The molecule has 1 N–H and O–H groups in total. The molecular weight excluding hydrogens is 398 g/mol. The largest absolute Gasteiger partial charge is 0.481 e. The van der Waals surface area contributed by atoms with Gasteiger partial charge in [-0.25, -0.2) is 13.2 Å². The third-order valence-corrected chi connectivity index (χ3v) is 6.25. The van der Waals surface area contributed by atoms with Crippen LogP contribution in [0.4, 0.5) is 4.79 Å². The van der Waals surface area contributed by atoms with Gasteiger partial charge in [0, 0.05) is 32.2 Å². The van der Waals surface area contributed by atoms with Gasteiger partial charge < -0.3 is 19.7 Å². The lowest BCUT2D eigenvalue weighted by atomic mass is 10.3. The van der Waals surface area contributed by atoms with E-state index in [0.29, 0.717) is 5.75 Å². The van der Waals surface area contributed by atoms with Crippen LogP contribution in [-0.4, -0.2) is 74.6 Å². The van der Waals surface area contributed by atoms with Crippen molar-refractivity contribution < 1.29 is 27.5 Å². The van der Waals surface area contributed by atoms with Crippen LogP contribution in [-0.2, 0) is 19.6 Å². The Bertz CT molecular complexity index is 802. The molecule has 1 aromatic carbocycles. The van der Waals surface area contributed by atoms with Gasteiger partial charge >= 0.3 is 6.09 Å². The summed E-state index contributed by atoms with van der Waals surface area (Å²) in [4.78, 5) is 25.3. The SMILES string of the molecule is CCOC(=O)N1CCN(S(=O)(=O)c2ccc(O[C@H](C)C(=O)NC(C)C)cc2)CC1. The number of nitrogens with zero attached hydrogens (tertiary/aromatic N) is 2. The van der Waals surface area contributed by atoms with Crippen LogP contribution in [0.1, 0.15) is 27.7 Å². The second-order valence-electron chi connectivity index (χ2n) is 6.98. The zero-order valence-corrected chi connectivity index (χ0v) is 18.1. The van der Waals surface area contributed by atoms with E-state index in [-0.39, 0.29) is 49.6 Å². The zero-order valence-electron chi connectivity index (χ0n) is 17.3. The molecule has 0 aliphatic carbocycles. The minimum Gasteiger partial charge on any atom is -0.481 e. The van der Waals surface area contributed by atoms with E-state index >= 15 is 0 Å². The molecule has 29 heavy (non-hydrogen) atoms. The van der Waals surface area contributed by atoms with Gasteiger partial charge in [-0.3, -0.25) is 4.79 Å². The predicted molar refractivity (Wildman–Crippen MR) is 107 cm³/mol. The minimum atomic E-state index is -3.68. The Hall–Kier alpha value is -2.33. The van der Waals surface area contributed by atoms with E-state index in [9.17, 15) is 18.0 Å². The fraction of sp³-hybridized carbons (Fsp3) is 0.579. The quantitative estimate of drug-likeness (QED) is 0.706. The molecule has 1 aliphatic heterocycles. The van der Waals surface area contributed by atoms with Crippen LogP contribution in [0.25, 0.3) is 0 Å². The first-order valence-electron chi connectivity index (χ1n) is 9.64. The van der Waals surface area contributed by atoms with Crippen LogP contribution in [0.5, 0.6) is 5.75 Å². The van der Waals surface area contributed by atoms with Crippen molar-refractivity contribution in [2.45, 2.75) is 44.7 Å². The summed E-state index contributed by atoms with van der Waals surface area (Å²) in [5.74, 6) is 0.165. The highest BCUT2D eigenvalue weighted by atomic mass is 32.2. The summed E-state index contributed by atoms with van der Waals surface area (Å²) in [5.41, 5.74) is 0. The average Bonchev–Trinajstić information content (AvgIpc) is 2.68. The molecule has 0 bridgehead atoms. The van der Waals surface area contributed by atoms with Crippen molar-refractivity contribution >= 4 is 22.0 Å². The van der Waals surface area contributed by atoms with Crippen molar-refractivity contribution in [3.63, 3.8) is 0 Å². The van der Waals surface area contributed by atoms with Crippen LogP contribution in [0, 0.1) is 0 Å². The van der Waals surface area contributed by atoms with Crippen molar-refractivity contribution in [1.29, 1.82) is 0 Å². The molecule has 0 radical (unpaired) electrons. The zero-order chi connectivity index (χ0) is 21.6. The Labute approximate surface area is 172 Å². The monoisotopic (exact) mass is 427 g/mol. The standard InChI is InChI=1S/C19H29N3O6S/c1-5-27-19(24)21-10-12-22(13-11-21)29(25,26)17-8-6-16(7-9-17)28-15(4)18(23)20-14(2)3/h6-9,14-15H,5,10-13H2,1-4H3,(H,20,23)/t15-/m1/s1. The lowest BCUT2D eigenvalue weighted by Gasteiger charge is -2.33. The van der Waals surface area contributed by atoms with E-state index in [1.165, 1.54) is 33.5 Å². The topological polar surface area (TPSA) is 105 Å². The number of sulfonamides is 1. The van der Waals surface area contributed by atoms with Crippen molar-refractivity contribution in [3.8, 4) is 5.75 Å². The first kappa shape index (κ1) is 23.0. The van der Waals surface area contributed by atoms with Crippen LogP contribution < -0.4 is 10.1 Å². The number of hydrogen-bond acceptors (Lipinski definition) is 6. The maximum absolute atomic E-state index is 12.8. The van der Waals surface area contributed by atoms with E-state index in [1.807, 2.05) is 13.8 Å². The Kier molecular flexibility index (Phi) is 7.86. The highest BCUT2D eigenvalue weighted by Crippen LogP contribution is 2.21. The molecule has 1 fully saturated rings. The molecule has 2 amide bonds. The third kappa shape index (κ3) is 6.07. The maximum Gasteiger partial charge on any atom is 0.409 e. The van der Waals surface area contributed by atoms with Crippen LogP contribution in [0.3, 0.4) is 0 Å². The summed E-state index contributed by atoms with van der Waals surface area (Å²) in [7, 11) is -3.68. The lowest BCUT2D eigenvalue weighted by Crippen LogP contribution is -2.50. The summed E-state index contributed by atoms with van der Waals surface area (Å²) >= 11 is 0. The molecule has 1 aliphatic rings. The number of carbonyl (C=O) groups excluding carboxylic acids is 2. The molecule has 0 unspecified atom stereocenters. The highest BCUT2D eigenvalue weighted by Gasteiger charge is 2.30. The number of piperazine rings is 1. The fourth-order valence-corrected chi connectivity index (χ4v) is 4.25. The lowest BCUT2D eigenvalue weighted by molar-refractivity contribution is -0.127. The Morgan fingerprint density at radius 2 is 1.66 bits per heavy atom. The smallest absolute Gasteiger partial charge is 0.409 e. The van der Waals surface area contributed by atoms with E-state index in [1.54, 1.807) is 13.8 Å². The van der Waals surface area contributed by atoms with Crippen molar-refractivity contribution in [2.75, 3.05) is 32.8 Å². The van der Waals surface area contributed by atoms with Gasteiger partial charge in [0.05, 0.1) is 11.5 Å². The first-order chi connectivity index (χ1) is 13.6. The summed E-state index contributed by atoms with van der Waals surface area (Å²) in [6, 6.07) is 5.97. The normalized spacial score (nSPS) is 16.4. The number of nitrogens with one attached hydrogen (secondary N) is 1.